The van der Waals surface area contributed by atoms with Crippen LogP contribution in [0.2, 0.25) is 0 Å². The Morgan fingerprint density at radius 3 is 2.33 bits per heavy atom. The lowest BCUT2D eigenvalue weighted by Crippen LogP contribution is -2.38. The third-order valence-corrected chi connectivity index (χ3v) is 5.21. The summed E-state index contributed by atoms with van der Waals surface area (Å²) in [6, 6.07) is 19.5. The monoisotopic (exact) mass is 323 g/mol. The zero-order valence-electron chi connectivity index (χ0n) is 14.7. The van der Waals surface area contributed by atoms with Crippen LogP contribution in [-0.4, -0.2) is 35.7 Å². The fraction of sp³-hybridized carbons (Fsp3) is 0.455. The molecule has 0 radical (unpaired) electrons. The van der Waals surface area contributed by atoms with Crippen LogP contribution in [0.25, 0.3) is 0 Å². The fourth-order valence-electron chi connectivity index (χ4n) is 3.65. The molecule has 0 aliphatic carbocycles. The standard InChI is InChI=1S/C22H29NO/c1-18-7-10-20(11-8-18)21-13-15-23(16-14-21)17-22(24)12-9-19-5-3-2-4-6-19/h2-8,10-11,21-22,24H,9,12-17H2,1H3. The molecular weight excluding hydrogens is 294 g/mol. The molecule has 2 aromatic carbocycles. The molecule has 0 saturated carbocycles. The predicted octanol–water partition coefficient (Wildman–Crippen LogP) is 4.17. The largest absolute Gasteiger partial charge is 0.392 e. The van der Waals surface area contributed by atoms with E-state index in [0.717, 1.165) is 32.5 Å². The lowest BCUT2D eigenvalue weighted by molar-refractivity contribution is 0.0912. The van der Waals surface area contributed by atoms with E-state index >= 15 is 0 Å². The maximum Gasteiger partial charge on any atom is 0.0670 e. The molecule has 1 heterocycles. The first-order chi connectivity index (χ1) is 11.7. The van der Waals surface area contributed by atoms with Crippen molar-refractivity contribution in [3.05, 3.63) is 71.3 Å². The third-order valence-electron chi connectivity index (χ3n) is 5.21. The number of hydrogen-bond acceptors (Lipinski definition) is 2. The summed E-state index contributed by atoms with van der Waals surface area (Å²) in [5.41, 5.74) is 4.12. The molecule has 24 heavy (non-hydrogen) atoms. The van der Waals surface area contributed by atoms with Gasteiger partial charge in [0, 0.05) is 6.54 Å². The molecule has 0 bridgehead atoms. The molecule has 1 unspecified atom stereocenters. The lowest BCUT2D eigenvalue weighted by atomic mass is 9.89. The van der Waals surface area contributed by atoms with Gasteiger partial charge in [0.1, 0.15) is 0 Å². The van der Waals surface area contributed by atoms with Gasteiger partial charge in [0.05, 0.1) is 6.10 Å². The minimum absolute atomic E-state index is 0.221. The van der Waals surface area contributed by atoms with Crippen LogP contribution in [0.1, 0.15) is 41.9 Å². The van der Waals surface area contributed by atoms with Gasteiger partial charge in [-0.3, -0.25) is 0 Å². The summed E-state index contributed by atoms with van der Waals surface area (Å²) < 4.78 is 0. The van der Waals surface area contributed by atoms with E-state index in [1.807, 2.05) is 6.07 Å². The predicted molar refractivity (Wildman–Crippen MR) is 100 cm³/mol. The number of aliphatic hydroxyl groups is 1. The van der Waals surface area contributed by atoms with E-state index in [4.69, 9.17) is 0 Å². The Balaban J connectivity index is 1.41. The summed E-state index contributed by atoms with van der Waals surface area (Å²) >= 11 is 0. The van der Waals surface area contributed by atoms with Gasteiger partial charge in [0.25, 0.3) is 0 Å². The Bertz CT molecular complexity index is 600. The maximum atomic E-state index is 10.3. The van der Waals surface area contributed by atoms with Crippen molar-refractivity contribution in [1.82, 2.24) is 4.90 Å². The van der Waals surface area contributed by atoms with Crippen molar-refractivity contribution < 1.29 is 5.11 Å². The van der Waals surface area contributed by atoms with E-state index in [9.17, 15) is 5.11 Å². The van der Waals surface area contributed by atoms with Crippen molar-refractivity contribution in [2.45, 2.75) is 44.6 Å². The summed E-state index contributed by atoms with van der Waals surface area (Å²) in [5, 5.41) is 10.3. The number of β-amino-alcohol motifs (C(OH)–C–C–N with tert-alkyl or cyclic N) is 1. The van der Waals surface area contributed by atoms with Crippen LogP contribution in [0.3, 0.4) is 0 Å². The van der Waals surface area contributed by atoms with Gasteiger partial charge in [-0.05, 0) is 62.7 Å². The molecule has 0 aromatic heterocycles. The van der Waals surface area contributed by atoms with E-state index in [-0.39, 0.29) is 6.10 Å². The number of benzene rings is 2. The van der Waals surface area contributed by atoms with Gasteiger partial charge >= 0.3 is 0 Å². The molecule has 2 heteroatoms. The van der Waals surface area contributed by atoms with Gasteiger partial charge in [0.15, 0.2) is 0 Å². The molecule has 128 valence electrons. The molecular formula is C22H29NO. The first-order valence-corrected chi connectivity index (χ1v) is 9.21. The number of likely N-dealkylation sites (tertiary alicyclic amines) is 1. The van der Waals surface area contributed by atoms with Gasteiger partial charge in [-0.1, -0.05) is 60.2 Å². The average Bonchev–Trinajstić information content (AvgIpc) is 2.62. The van der Waals surface area contributed by atoms with Crippen LogP contribution in [0.5, 0.6) is 0 Å². The normalized spacial score (nSPS) is 17.8. The van der Waals surface area contributed by atoms with Gasteiger partial charge in [-0.25, -0.2) is 0 Å². The minimum Gasteiger partial charge on any atom is -0.392 e. The smallest absolute Gasteiger partial charge is 0.0670 e. The topological polar surface area (TPSA) is 23.5 Å². The number of aryl methyl sites for hydroxylation is 2. The highest BCUT2D eigenvalue weighted by atomic mass is 16.3. The van der Waals surface area contributed by atoms with Gasteiger partial charge in [0.2, 0.25) is 0 Å². The molecule has 1 aliphatic rings. The van der Waals surface area contributed by atoms with E-state index in [1.165, 1.54) is 29.5 Å². The number of aliphatic hydroxyl groups excluding tert-OH is 1. The maximum absolute atomic E-state index is 10.3. The number of nitrogens with zero attached hydrogens (tertiary/aromatic N) is 1. The highest BCUT2D eigenvalue weighted by Crippen LogP contribution is 2.28. The second-order valence-electron chi connectivity index (χ2n) is 7.16. The summed E-state index contributed by atoms with van der Waals surface area (Å²) in [5.74, 6) is 0.684. The Labute approximate surface area is 146 Å². The summed E-state index contributed by atoms with van der Waals surface area (Å²) in [4.78, 5) is 2.43. The fourth-order valence-corrected chi connectivity index (χ4v) is 3.65. The van der Waals surface area contributed by atoms with Crippen molar-refractivity contribution in [1.29, 1.82) is 0 Å². The Morgan fingerprint density at radius 2 is 1.67 bits per heavy atom. The molecule has 2 nitrogen and oxygen atoms in total. The number of hydrogen-bond donors (Lipinski definition) is 1. The number of piperidine rings is 1. The Hall–Kier alpha value is -1.64. The molecule has 1 saturated heterocycles. The van der Waals surface area contributed by atoms with Crippen LogP contribution in [0, 0.1) is 6.92 Å². The zero-order chi connectivity index (χ0) is 16.8. The van der Waals surface area contributed by atoms with Gasteiger partial charge in [-0.2, -0.15) is 0 Å². The molecule has 3 rings (SSSR count). The van der Waals surface area contributed by atoms with E-state index < -0.39 is 0 Å². The SMILES string of the molecule is Cc1ccc(C2CCN(CC(O)CCc3ccccc3)CC2)cc1. The van der Waals surface area contributed by atoms with E-state index in [0.29, 0.717) is 5.92 Å². The summed E-state index contributed by atoms with van der Waals surface area (Å²) in [7, 11) is 0. The van der Waals surface area contributed by atoms with Crippen molar-refractivity contribution in [3.8, 4) is 0 Å². The van der Waals surface area contributed by atoms with Gasteiger partial charge in [-0.15, -0.1) is 0 Å². The van der Waals surface area contributed by atoms with Crippen LogP contribution in [-0.2, 0) is 6.42 Å². The third kappa shape index (κ3) is 4.93. The van der Waals surface area contributed by atoms with Gasteiger partial charge < -0.3 is 10.0 Å². The van der Waals surface area contributed by atoms with Crippen molar-refractivity contribution in [2.75, 3.05) is 19.6 Å². The molecule has 0 spiro atoms. The van der Waals surface area contributed by atoms with E-state index in [2.05, 4.69) is 60.4 Å². The Morgan fingerprint density at radius 1 is 1.00 bits per heavy atom. The van der Waals surface area contributed by atoms with Crippen LogP contribution < -0.4 is 0 Å². The molecule has 2 aromatic rings. The summed E-state index contributed by atoms with van der Waals surface area (Å²) in [6.45, 7) is 5.15. The number of rotatable bonds is 6. The first kappa shape index (κ1) is 17.2. The van der Waals surface area contributed by atoms with Crippen molar-refractivity contribution in [2.24, 2.45) is 0 Å². The second-order valence-corrected chi connectivity index (χ2v) is 7.16. The molecule has 1 atom stereocenters. The lowest BCUT2D eigenvalue weighted by Gasteiger charge is -2.33. The zero-order valence-corrected chi connectivity index (χ0v) is 14.7. The van der Waals surface area contributed by atoms with Crippen LogP contribution in [0.4, 0.5) is 0 Å². The molecule has 1 N–H and O–H groups in total. The van der Waals surface area contributed by atoms with E-state index in [1.54, 1.807) is 0 Å². The van der Waals surface area contributed by atoms with Crippen molar-refractivity contribution >= 4 is 0 Å². The first-order valence-electron chi connectivity index (χ1n) is 9.21. The van der Waals surface area contributed by atoms with Crippen molar-refractivity contribution in [3.63, 3.8) is 0 Å². The quantitative estimate of drug-likeness (QED) is 0.862. The Kier molecular flexibility index (Phi) is 6.06. The minimum atomic E-state index is -0.221. The highest BCUT2D eigenvalue weighted by molar-refractivity contribution is 5.25. The second kappa shape index (κ2) is 8.46. The summed E-state index contributed by atoms with van der Waals surface area (Å²) in [6.07, 6.45) is 3.99. The highest BCUT2D eigenvalue weighted by Gasteiger charge is 2.22. The molecule has 1 fully saturated rings. The van der Waals surface area contributed by atoms with Crippen LogP contribution in [0.15, 0.2) is 54.6 Å². The van der Waals surface area contributed by atoms with Crippen LogP contribution >= 0.6 is 0 Å². The average molecular weight is 323 g/mol. The molecule has 0 amide bonds. The molecule has 1 aliphatic heterocycles.